The molecule has 19 heavy (non-hydrogen) atoms. The van der Waals surface area contributed by atoms with Crippen LogP contribution in [0, 0.1) is 0 Å². The van der Waals surface area contributed by atoms with Gasteiger partial charge in [0, 0.05) is 36.6 Å². The summed E-state index contributed by atoms with van der Waals surface area (Å²) in [4.78, 5) is 8.86. The Morgan fingerprint density at radius 1 is 1.16 bits per heavy atom. The van der Waals surface area contributed by atoms with Crippen molar-refractivity contribution in [1.29, 1.82) is 0 Å². The zero-order chi connectivity index (χ0) is 12.9. The van der Waals surface area contributed by atoms with Gasteiger partial charge in [0.15, 0.2) is 0 Å². The van der Waals surface area contributed by atoms with Crippen LogP contribution in [0.3, 0.4) is 0 Å². The highest BCUT2D eigenvalue weighted by Gasteiger charge is 2.05. The number of aromatic amines is 1. The van der Waals surface area contributed by atoms with E-state index in [9.17, 15) is 0 Å². The second-order valence-corrected chi connectivity index (χ2v) is 4.90. The Labute approximate surface area is 114 Å². The molecule has 0 radical (unpaired) electrons. The first kappa shape index (κ1) is 12.0. The normalized spacial score (nSPS) is 10.7. The van der Waals surface area contributed by atoms with Crippen LogP contribution in [0.4, 0.5) is 0 Å². The third kappa shape index (κ3) is 3.04. The second kappa shape index (κ2) is 5.73. The van der Waals surface area contributed by atoms with E-state index in [1.54, 1.807) is 23.7 Å². The molecule has 0 fully saturated rings. The van der Waals surface area contributed by atoms with Crippen molar-refractivity contribution >= 4 is 11.3 Å². The summed E-state index contributed by atoms with van der Waals surface area (Å²) in [5.74, 6) is 0. The Balaban J connectivity index is 1.59. The van der Waals surface area contributed by atoms with E-state index in [2.05, 4.69) is 30.9 Å². The van der Waals surface area contributed by atoms with Crippen molar-refractivity contribution in [3.63, 3.8) is 0 Å². The largest absolute Gasteiger partial charge is 0.305 e. The molecule has 0 unspecified atom stereocenters. The lowest BCUT2D eigenvalue weighted by atomic mass is 10.3. The fourth-order valence-corrected chi connectivity index (χ4v) is 2.50. The first-order valence-corrected chi connectivity index (χ1v) is 6.84. The van der Waals surface area contributed by atoms with Crippen molar-refractivity contribution in [2.45, 2.75) is 13.1 Å². The van der Waals surface area contributed by atoms with E-state index < -0.39 is 0 Å². The summed E-state index contributed by atoms with van der Waals surface area (Å²) in [6.07, 6.45) is 3.53. The molecule has 3 aromatic rings. The molecule has 0 aliphatic rings. The predicted molar refractivity (Wildman–Crippen MR) is 74.5 cm³/mol. The van der Waals surface area contributed by atoms with Gasteiger partial charge < -0.3 is 5.32 Å². The molecule has 96 valence electrons. The first-order chi connectivity index (χ1) is 9.42. The maximum atomic E-state index is 4.57. The van der Waals surface area contributed by atoms with E-state index in [1.807, 2.05) is 24.3 Å². The van der Waals surface area contributed by atoms with E-state index in [0.29, 0.717) is 0 Å². The van der Waals surface area contributed by atoms with Gasteiger partial charge in [-0.2, -0.15) is 5.10 Å². The van der Waals surface area contributed by atoms with E-state index in [4.69, 9.17) is 0 Å². The molecule has 0 aliphatic carbocycles. The monoisotopic (exact) mass is 271 g/mol. The number of pyridine rings is 1. The molecule has 0 saturated heterocycles. The maximum absolute atomic E-state index is 4.57. The minimum atomic E-state index is 0.738. The summed E-state index contributed by atoms with van der Waals surface area (Å²) >= 11 is 1.62. The molecule has 3 heterocycles. The van der Waals surface area contributed by atoms with Crippen molar-refractivity contribution in [2.75, 3.05) is 0 Å². The maximum Gasteiger partial charge on any atom is 0.142 e. The van der Waals surface area contributed by atoms with Gasteiger partial charge in [-0.25, -0.2) is 4.98 Å². The van der Waals surface area contributed by atoms with Crippen LogP contribution >= 0.6 is 11.3 Å². The van der Waals surface area contributed by atoms with Crippen molar-refractivity contribution in [2.24, 2.45) is 0 Å². The molecule has 3 aromatic heterocycles. The van der Waals surface area contributed by atoms with Crippen LogP contribution in [0.1, 0.15) is 11.4 Å². The summed E-state index contributed by atoms with van der Waals surface area (Å²) in [5, 5.41) is 13.2. The second-order valence-electron chi connectivity index (χ2n) is 4.04. The van der Waals surface area contributed by atoms with Gasteiger partial charge in [0.1, 0.15) is 5.01 Å². The number of nitrogens with one attached hydrogen (secondary N) is 2. The molecular formula is C13H13N5S. The lowest BCUT2D eigenvalue weighted by Crippen LogP contribution is -2.13. The molecule has 0 atom stereocenters. The molecular weight excluding hydrogens is 258 g/mol. The Morgan fingerprint density at radius 2 is 2.16 bits per heavy atom. The Kier molecular flexibility index (Phi) is 3.62. The van der Waals surface area contributed by atoms with Crippen LogP contribution in [0.5, 0.6) is 0 Å². The van der Waals surface area contributed by atoms with E-state index in [-0.39, 0.29) is 0 Å². The van der Waals surface area contributed by atoms with Crippen molar-refractivity contribution < 1.29 is 0 Å². The van der Waals surface area contributed by atoms with Gasteiger partial charge in [-0.05, 0) is 18.2 Å². The van der Waals surface area contributed by atoms with Crippen LogP contribution in [-0.4, -0.2) is 20.2 Å². The van der Waals surface area contributed by atoms with Gasteiger partial charge in [-0.15, -0.1) is 11.3 Å². The zero-order valence-corrected chi connectivity index (χ0v) is 11.0. The lowest BCUT2D eigenvalue weighted by molar-refractivity contribution is 0.668. The number of nitrogens with zero attached hydrogens (tertiary/aromatic N) is 3. The number of hydrogen-bond acceptors (Lipinski definition) is 5. The molecule has 0 aliphatic heterocycles. The van der Waals surface area contributed by atoms with Crippen LogP contribution in [-0.2, 0) is 13.1 Å². The molecule has 3 rings (SSSR count). The van der Waals surface area contributed by atoms with Gasteiger partial charge in [0.25, 0.3) is 0 Å². The summed E-state index contributed by atoms with van der Waals surface area (Å²) in [7, 11) is 0. The fourth-order valence-electron chi connectivity index (χ4n) is 1.70. The molecule has 0 amide bonds. The van der Waals surface area contributed by atoms with Crippen LogP contribution in [0.25, 0.3) is 10.7 Å². The summed E-state index contributed by atoms with van der Waals surface area (Å²) in [6.45, 7) is 1.50. The fraction of sp³-hybridized carbons (Fsp3) is 0.154. The summed E-state index contributed by atoms with van der Waals surface area (Å²) in [6, 6.07) is 7.80. The van der Waals surface area contributed by atoms with Crippen molar-refractivity contribution in [3.05, 3.63) is 53.4 Å². The topological polar surface area (TPSA) is 66.5 Å². The third-order valence-corrected chi connectivity index (χ3v) is 3.53. The van der Waals surface area contributed by atoms with Crippen molar-refractivity contribution in [3.8, 4) is 10.7 Å². The Hall–Kier alpha value is -2.05. The van der Waals surface area contributed by atoms with E-state index in [1.165, 1.54) is 0 Å². The summed E-state index contributed by atoms with van der Waals surface area (Å²) < 4.78 is 0. The standard InChI is InChI=1S/C13H13N5S/c1-2-5-15-12(3-1)13-17-11(9-19-13)8-14-7-10-4-6-16-18-10/h1-6,9,14H,7-8H2,(H,16,18). The van der Waals surface area contributed by atoms with Gasteiger partial charge in [0.2, 0.25) is 0 Å². The molecule has 0 aromatic carbocycles. The number of aromatic nitrogens is 4. The van der Waals surface area contributed by atoms with Gasteiger partial charge in [0.05, 0.1) is 11.4 Å². The third-order valence-electron chi connectivity index (χ3n) is 2.62. The molecule has 6 heteroatoms. The SMILES string of the molecule is c1ccc(-c2nc(CNCc3ccn[nH]3)cs2)nc1. The van der Waals surface area contributed by atoms with E-state index in [0.717, 1.165) is 35.2 Å². The molecule has 0 bridgehead atoms. The minimum absolute atomic E-state index is 0.738. The van der Waals surface area contributed by atoms with Crippen LogP contribution in [0.2, 0.25) is 0 Å². The highest BCUT2D eigenvalue weighted by molar-refractivity contribution is 7.13. The first-order valence-electron chi connectivity index (χ1n) is 5.96. The van der Waals surface area contributed by atoms with Gasteiger partial charge in [-0.3, -0.25) is 10.1 Å². The minimum Gasteiger partial charge on any atom is -0.305 e. The number of H-pyrrole nitrogens is 1. The van der Waals surface area contributed by atoms with Gasteiger partial charge >= 0.3 is 0 Å². The smallest absolute Gasteiger partial charge is 0.142 e. The quantitative estimate of drug-likeness (QED) is 0.746. The number of thiazole rings is 1. The van der Waals surface area contributed by atoms with Gasteiger partial charge in [-0.1, -0.05) is 6.07 Å². The number of hydrogen-bond donors (Lipinski definition) is 2. The van der Waals surface area contributed by atoms with Crippen LogP contribution in [0.15, 0.2) is 42.0 Å². The Morgan fingerprint density at radius 3 is 2.95 bits per heavy atom. The highest BCUT2D eigenvalue weighted by atomic mass is 32.1. The average molecular weight is 271 g/mol. The molecule has 2 N–H and O–H groups in total. The lowest BCUT2D eigenvalue weighted by Gasteiger charge is -1.99. The Bertz CT molecular complexity index is 618. The number of rotatable bonds is 5. The van der Waals surface area contributed by atoms with Crippen LogP contribution < -0.4 is 5.32 Å². The summed E-state index contributed by atoms with van der Waals surface area (Å²) in [5.41, 5.74) is 3.03. The predicted octanol–water partition coefficient (Wildman–Crippen LogP) is 2.22. The molecule has 0 spiro atoms. The average Bonchev–Trinajstić information content (AvgIpc) is 3.11. The van der Waals surface area contributed by atoms with Crippen molar-refractivity contribution in [1.82, 2.24) is 25.5 Å². The molecule has 5 nitrogen and oxygen atoms in total. The highest BCUT2D eigenvalue weighted by Crippen LogP contribution is 2.21. The molecule has 0 saturated carbocycles. The zero-order valence-electron chi connectivity index (χ0n) is 10.2. The van der Waals surface area contributed by atoms with E-state index >= 15 is 0 Å².